The summed E-state index contributed by atoms with van der Waals surface area (Å²) >= 11 is -1.89. The van der Waals surface area contributed by atoms with Crippen molar-refractivity contribution < 1.29 is 28.6 Å². The Morgan fingerprint density at radius 3 is 2.05 bits per heavy atom. The van der Waals surface area contributed by atoms with Crippen molar-refractivity contribution in [3.05, 3.63) is 156 Å². The van der Waals surface area contributed by atoms with E-state index in [-0.39, 0.29) is 20.1 Å². The van der Waals surface area contributed by atoms with Crippen LogP contribution in [0.25, 0.3) is 72.1 Å². The van der Waals surface area contributed by atoms with E-state index in [9.17, 15) is 0 Å². The van der Waals surface area contributed by atoms with Crippen LogP contribution in [0.1, 0.15) is 60.3 Å². The van der Waals surface area contributed by atoms with Crippen molar-refractivity contribution in [2.45, 2.75) is 63.7 Å². The topological polar surface area (TPSA) is 43.9 Å². The van der Waals surface area contributed by atoms with Gasteiger partial charge in [0, 0.05) is 31.2 Å². The second-order valence-corrected chi connectivity index (χ2v) is 26.5. The Morgan fingerprint density at radius 1 is 0.696 bits per heavy atom. The Kier molecular flexibility index (Phi) is 10.2. The van der Waals surface area contributed by atoms with Crippen LogP contribution in [-0.4, -0.2) is 27.8 Å². The van der Waals surface area contributed by atoms with Gasteiger partial charge in [-0.2, -0.15) is 0 Å². The largest absolute Gasteiger partial charge is 0 e. The Morgan fingerprint density at radius 2 is 1.38 bits per heavy atom. The number of rotatable bonds is 6. The third-order valence-electron chi connectivity index (χ3n) is 10.4. The molecular formula is C50H47GeIrN3O-2. The molecule has 0 spiro atoms. The van der Waals surface area contributed by atoms with Crippen LogP contribution >= 0.6 is 0 Å². The number of fused-ring (bicyclic) bond motifs is 5. The maximum absolute atomic E-state index is 7.73. The summed E-state index contributed by atoms with van der Waals surface area (Å²) in [5, 5.41) is 3.82. The summed E-state index contributed by atoms with van der Waals surface area (Å²) in [6.45, 7) is 6.90. The van der Waals surface area contributed by atoms with Crippen molar-refractivity contribution in [1.82, 2.24) is 14.5 Å². The average Bonchev–Trinajstić information content (AvgIpc) is 3.78. The third kappa shape index (κ3) is 7.41. The number of pyridine rings is 1. The van der Waals surface area contributed by atoms with Gasteiger partial charge in [0.1, 0.15) is 5.58 Å². The van der Waals surface area contributed by atoms with Crippen molar-refractivity contribution in [1.29, 1.82) is 0 Å². The predicted molar refractivity (Wildman–Crippen MR) is 235 cm³/mol. The first-order chi connectivity index (χ1) is 27.7. The number of aromatic nitrogens is 3. The van der Waals surface area contributed by atoms with Crippen LogP contribution in [0.2, 0.25) is 17.3 Å². The third-order valence-corrected chi connectivity index (χ3v) is 14.7. The molecule has 1 radical (unpaired) electrons. The van der Waals surface area contributed by atoms with Crippen molar-refractivity contribution in [2.75, 3.05) is 0 Å². The van der Waals surface area contributed by atoms with Crippen LogP contribution in [0.4, 0.5) is 0 Å². The first-order valence-electron chi connectivity index (χ1n) is 20.6. The number of hydrogen-bond acceptors (Lipinski definition) is 3. The van der Waals surface area contributed by atoms with Gasteiger partial charge in [-0.25, -0.2) is 0 Å². The van der Waals surface area contributed by atoms with Crippen molar-refractivity contribution in [2.24, 2.45) is 0 Å². The summed E-state index contributed by atoms with van der Waals surface area (Å²) < 4.78 is 32.9. The molecule has 3 aromatic heterocycles. The van der Waals surface area contributed by atoms with Gasteiger partial charge >= 0.3 is 133 Å². The van der Waals surface area contributed by atoms with Gasteiger partial charge in [-0.05, 0) is 41.2 Å². The first-order valence-corrected chi connectivity index (χ1v) is 26.4. The van der Waals surface area contributed by atoms with Crippen molar-refractivity contribution in [3.63, 3.8) is 0 Å². The summed E-state index contributed by atoms with van der Waals surface area (Å²) in [4.78, 5) is 9.76. The fourth-order valence-corrected chi connectivity index (χ4v) is 9.61. The number of benzene rings is 6. The van der Waals surface area contributed by atoms with Gasteiger partial charge in [-0.15, -0.1) is 23.8 Å². The van der Waals surface area contributed by atoms with E-state index in [2.05, 4.69) is 133 Å². The number of aryl methyl sites for hydroxylation is 1. The molecule has 6 aromatic carbocycles. The van der Waals surface area contributed by atoms with Crippen LogP contribution in [0.15, 0.2) is 132 Å². The van der Waals surface area contributed by atoms with E-state index in [0.29, 0.717) is 17.4 Å². The Bertz CT molecular complexity index is 2910. The number of imidazole rings is 1. The van der Waals surface area contributed by atoms with E-state index in [1.807, 2.05) is 54.7 Å². The van der Waals surface area contributed by atoms with E-state index in [1.54, 1.807) is 6.07 Å². The molecule has 0 aliphatic heterocycles. The Balaban J connectivity index is 0.000000187. The SMILES string of the molecule is CC(C)c1cccc(C(C)C)c1-n1c(-c2[c-]cc3oc4ccccc4c3c2)nc2ccccc21.[2H]C([2H])([2H])c1c[c-]c(-c2cc[c]([Ge]([CH3])([CH3])[CH3])cn2)c2ccccc12.[Ir]. The zero-order chi connectivity index (χ0) is 40.9. The molecule has 0 unspecified atom stereocenters. The normalized spacial score (nSPS) is 12.8. The molecule has 0 fully saturated rings. The number of para-hydroxylation sites is 4. The summed E-state index contributed by atoms with van der Waals surface area (Å²) in [7, 11) is 0. The predicted octanol–water partition coefficient (Wildman–Crippen LogP) is 13.2. The molecule has 0 atom stereocenters. The van der Waals surface area contributed by atoms with Crippen molar-refractivity contribution in [3.8, 4) is 28.3 Å². The zero-order valence-electron chi connectivity index (χ0n) is 35.9. The molecule has 0 aliphatic rings. The summed E-state index contributed by atoms with van der Waals surface area (Å²) in [5.74, 6) is 8.68. The molecule has 0 amide bonds. The first kappa shape index (κ1) is 35.6. The monoisotopic (exact) mass is 975 g/mol. The van der Waals surface area contributed by atoms with Crippen LogP contribution in [-0.2, 0) is 20.1 Å². The fraction of sp³-hybridized carbons (Fsp3) is 0.200. The molecule has 3 heterocycles. The van der Waals surface area contributed by atoms with Gasteiger partial charge in [0.05, 0.1) is 22.4 Å². The molecule has 0 saturated heterocycles. The Hall–Kier alpha value is -4.81. The van der Waals surface area contributed by atoms with E-state index in [4.69, 9.17) is 13.5 Å². The number of hydrogen-bond donors (Lipinski definition) is 0. The van der Waals surface area contributed by atoms with Crippen LogP contribution in [0.5, 0.6) is 0 Å². The number of furan rings is 1. The fourth-order valence-electron chi connectivity index (χ4n) is 7.43. The van der Waals surface area contributed by atoms with Gasteiger partial charge in [0.25, 0.3) is 0 Å². The molecule has 4 nitrogen and oxygen atoms in total. The molecule has 0 N–H and O–H groups in total. The van der Waals surface area contributed by atoms with E-state index in [0.717, 1.165) is 66.4 Å². The Labute approximate surface area is 350 Å². The summed E-state index contributed by atoms with van der Waals surface area (Å²) in [6.07, 6.45) is 1.97. The minimum atomic E-state index is -2.15. The molecule has 0 bridgehead atoms. The molecule has 0 saturated carbocycles. The second kappa shape index (κ2) is 16.0. The van der Waals surface area contributed by atoms with Gasteiger partial charge in [-0.1, -0.05) is 81.6 Å². The van der Waals surface area contributed by atoms with Crippen LogP contribution in [0, 0.1) is 19.0 Å². The van der Waals surface area contributed by atoms with E-state index in [1.165, 1.54) is 21.2 Å². The molecule has 6 heteroatoms. The van der Waals surface area contributed by atoms with Crippen LogP contribution in [0.3, 0.4) is 0 Å². The summed E-state index contributed by atoms with van der Waals surface area (Å²) in [6, 6.07) is 47.4. The summed E-state index contributed by atoms with van der Waals surface area (Å²) in [5.41, 5.74) is 10.7. The van der Waals surface area contributed by atoms with Gasteiger partial charge in [-0.3, -0.25) is 4.98 Å². The number of nitrogens with zero attached hydrogens (tertiary/aromatic N) is 3. The zero-order valence-corrected chi connectivity index (χ0v) is 37.4. The smallest absolute Gasteiger partial charge is 0 e. The van der Waals surface area contributed by atoms with Crippen molar-refractivity contribution >= 4 is 61.4 Å². The minimum absolute atomic E-state index is 0. The van der Waals surface area contributed by atoms with Gasteiger partial charge < -0.3 is 8.98 Å². The molecular weight excluding hydrogens is 923 g/mol. The molecule has 9 rings (SSSR count). The van der Waals surface area contributed by atoms with E-state index < -0.39 is 20.1 Å². The van der Waals surface area contributed by atoms with Crippen LogP contribution < -0.4 is 4.40 Å². The second-order valence-electron chi connectivity index (χ2n) is 15.9. The van der Waals surface area contributed by atoms with E-state index >= 15 is 0 Å². The molecule has 0 aliphatic carbocycles. The minimum Gasteiger partial charge on any atom is 0 e. The average molecular weight is 974 g/mol. The van der Waals surface area contributed by atoms with Gasteiger partial charge in [0.15, 0.2) is 0 Å². The maximum Gasteiger partial charge on any atom is 0 e. The standard InChI is InChI=1S/C31H27N2O.C19H20GeN.Ir/c1-19(2)22-11-9-12-23(20(3)4)30(22)33-27-14-7-6-13-26(27)32-31(33)21-16-17-29-25(18-21)24-10-5-8-15-28(24)34-29;1-14-9-11-18(17-8-6-5-7-16(14)17)19-12-10-15(13-21-19)20(2,3)4;/h5-15,17-20H,1-4H3;5-10,12-13H,1-4H3;/q2*-1;/i;1D3;. The molecule has 56 heavy (non-hydrogen) atoms. The quantitative estimate of drug-likeness (QED) is 0.123. The maximum atomic E-state index is 7.73. The van der Waals surface area contributed by atoms with Gasteiger partial charge in [0.2, 0.25) is 0 Å². The molecule has 283 valence electrons. The molecule has 9 aromatic rings.